The fourth-order valence-corrected chi connectivity index (χ4v) is 3.88. The normalized spacial score (nSPS) is 11.8. The summed E-state index contributed by atoms with van der Waals surface area (Å²) in [6.07, 6.45) is 13.5. The highest BCUT2D eigenvalue weighted by atomic mass is 35.5. The van der Waals surface area contributed by atoms with Crippen LogP contribution in [0.4, 0.5) is 4.79 Å². The highest BCUT2D eigenvalue weighted by Crippen LogP contribution is 2.15. The lowest BCUT2D eigenvalue weighted by atomic mass is 10.0. The highest BCUT2D eigenvalue weighted by molar-refractivity contribution is 5.85. The van der Waals surface area contributed by atoms with Crippen molar-refractivity contribution in [2.24, 2.45) is 5.92 Å². The number of carbonyl (C=O) groups is 1. The zero-order chi connectivity index (χ0) is 22.5. The summed E-state index contributed by atoms with van der Waals surface area (Å²) in [5.41, 5.74) is 0. The number of rotatable bonds is 22. The lowest BCUT2D eigenvalue weighted by Gasteiger charge is -2.27. The van der Waals surface area contributed by atoms with Crippen LogP contribution in [0.5, 0.6) is 0 Å². The second kappa shape index (κ2) is 27.0. The van der Waals surface area contributed by atoms with Crippen LogP contribution in [0.1, 0.15) is 105 Å². The quantitative estimate of drug-likeness (QED) is 0.123. The van der Waals surface area contributed by atoms with Crippen molar-refractivity contribution in [3.8, 4) is 0 Å². The predicted molar refractivity (Wildman–Crippen MR) is 143 cm³/mol. The van der Waals surface area contributed by atoms with Gasteiger partial charge in [-0.1, -0.05) is 66.2 Å². The summed E-state index contributed by atoms with van der Waals surface area (Å²) < 4.78 is 4.98. The molecule has 0 aliphatic rings. The molecule has 0 amide bonds. The van der Waals surface area contributed by atoms with E-state index in [1.165, 1.54) is 90.3 Å². The molecule has 1 unspecified atom stereocenters. The van der Waals surface area contributed by atoms with Gasteiger partial charge in [-0.3, -0.25) is 0 Å². The molecule has 0 saturated heterocycles. The fourth-order valence-electron chi connectivity index (χ4n) is 3.88. The molecule has 0 bridgehead atoms. The minimum absolute atomic E-state index is 0. The van der Waals surface area contributed by atoms with Gasteiger partial charge in [0.05, 0.1) is 6.61 Å². The van der Waals surface area contributed by atoms with Crippen molar-refractivity contribution in [3.05, 3.63) is 0 Å². The topological polar surface area (TPSA) is 53.0 Å². The van der Waals surface area contributed by atoms with E-state index in [2.05, 4.69) is 37.5 Å². The number of hydrogen-bond donors (Lipinski definition) is 1. The monoisotopic (exact) mass is 500 g/mol. The Labute approximate surface area is 211 Å². The number of hydrogen-bond acceptors (Lipinski definition) is 4. The van der Waals surface area contributed by atoms with Crippen LogP contribution in [0, 0.1) is 5.92 Å². The Morgan fingerprint density at radius 3 is 1.56 bits per heavy atom. The molecular weight excluding hydrogens is 447 g/mol. The molecule has 0 radical (unpaired) electrons. The summed E-state index contributed by atoms with van der Waals surface area (Å²) in [7, 11) is 0. The van der Waals surface area contributed by atoms with Crippen molar-refractivity contribution in [3.63, 3.8) is 0 Å². The van der Waals surface area contributed by atoms with Crippen LogP contribution in [-0.2, 0) is 4.74 Å². The van der Waals surface area contributed by atoms with Crippen LogP contribution in [0.15, 0.2) is 0 Å². The van der Waals surface area contributed by atoms with Gasteiger partial charge in [-0.2, -0.15) is 0 Å². The Hall–Kier alpha value is -0.230. The van der Waals surface area contributed by atoms with Gasteiger partial charge >= 0.3 is 6.16 Å². The first-order valence-corrected chi connectivity index (χ1v) is 12.9. The van der Waals surface area contributed by atoms with E-state index >= 15 is 0 Å². The maximum Gasteiger partial charge on any atom is 0.505 e. The molecule has 0 aliphatic heterocycles. The van der Waals surface area contributed by atoms with Gasteiger partial charge in [0, 0.05) is 12.5 Å². The van der Waals surface area contributed by atoms with E-state index in [4.69, 9.17) is 9.84 Å². The first-order valence-electron chi connectivity index (χ1n) is 12.9. The summed E-state index contributed by atoms with van der Waals surface area (Å²) >= 11 is 0. The molecule has 0 aromatic carbocycles. The fraction of sp³-hybridized carbons (Fsp3) is 0.960. The molecule has 5 nitrogen and oxygen atoms in total. The number of ether oxygens (including phenoxy) is 1. The third-order valence-electron chi connectivity index (χ3n) is 5.86. The van der Waals surface area contributed by atoms with Gasteiger partial charge in [-0.25, -0.2) is 4.79 Å². The molecule has 196 valence electrons. The van der Waals surface area contributed by atoms with E-state index in [0.717, 1.165) is 26.1 Å². The smallest absolute Gasteiger partial charge is 0.450 e. The van der Waals surface area contributed by atoms with E-state index in [1.807, 2.05) is 0 Å². The van der Waals surface area contributed by atoms with Crippen molar-refractivity contribution < 1.29 is 14.6 Å². The van der Waals surface area contributed by atoms with Crippen molar-refractivity contribution in [1.29, 1.82) is 0 Å². The van der Waals surface area contributed by atoms with E-state index in [9.17, 15) is 4.79 Å². The molecule has 0 rings (SSSR count). The molecule has 0 aromatic heterocycles. The minimum Gasteiger partial charge on any atom is -0.450 e. The van der Waals surface area contributed by atoms with Crippen LogP contribution in [-0.4, -0.2) is 66.9 Å². The summed E-state index contributed by atoms with van der Waals surface area (Å²) in [5.74, 6) is 0.311. The van der Waals surface area contributed by atoms with E-state index < -0.39 is 6.16 Å². The van der Waals surface area contributed by atoms with Gasteiger partial charge in [0.25, 0.3) is 0 Å². The highest BCUT2D eigenvalue weighted by Gasteiger charge is 2.16. The predicted octanol–water partition coefficient (Wildman–Crippen LogP) is 7.51. The van der Waals surface area contributed by atoms with Crippen LogP contribution in [0.25, 0.3) is 0 Å². The SMILES string of the molecule is CCCCN(CCCC)CCCCCC(COC(=O)O)CN(CCCC)CCCC.Cl.Cl. The number of nitrogens with zero attached hydrogens (tertiary/aromatic N) is 2. The molecule has 0 heterocycles. The average Bonchev–Trinajstić information content (AvgIpc) is 2.74. The first kappa shape index (κ1) is 36.3. The van der Waals surface area contributed by atoms with Crippen molar-refractivity contribution in [2.75, 3.05) is 45.9 Å². The van der Waals surface area contributed by atoms with E-state index in [1.54, 1.807) is 0 Å². The van der Waals surface area contributed by atoms with Gasteiger partial charge in [0.2, 0.25) is 0 Å². The molecule has 0 aromatic rings. The molecular formula is C25H54Cl2N2O3. The van der Waals surface area contributed by atoms with Crippen LogP contribution >= 0.6 is 24.8 Å². The van der Waals surface area contributed by atoms with Crippen molar-refractivity contribution in [2.45, 2.75) is 105 Å². The minimum atomic E-state index is -1.14. The van der Waals surface area contributed by atoms with Gasteiger partial charge in [-0.15, -0.1) is 24.8 Å². The van der Waals surface area contributed by atoms with Crippen molar-refractivity contribution >= 4 is 31.0 Å². The number of halogens is 2. The zero-order valence-electron chi connectivity index (χ0n) is 21.5. The number of carboxylic acid groups (broad SMARTS) is 1. The van der Waals surface area contributed by atoms with Crippen molar-refractivity contribution in [1.82, 2.24) is 9.80 Å². The Morgan fingerprint density at radius 1 is 0.688 bits per heavy atom. The molecule has 0 spiro atoms. The second-order valence-electron chi connectivity index (χ2n) is 8.85. The molecule has 0 aliphatic carbocycles. The van der Waals surface area contributed by atoms with Crippen LogP contribution in [0.3, 0.4) is 0 Å². The third-order valence-corrected chi connectivity index (χ3v) is 5.86. The second-order valence-corrected chi connectivity index (χ2v) is 8.85. The maximum absolute atomic E-state index is 10.9. The van der Waals surface area contributed by atoms with Gasteiger partial charge in [0.15, 0.2) is 0 Å². The Morgan fingerprint density at radius 2 is 1.12 bits per heavy atom. The molecule has 0 saturated carbocycles. The van der Waals surface area contributed by atoms with Gasteiger partial charge < -0.3 is 19.6 Å². The Kier molecular flexibility index (Phi) is 30.7. The van der Waals surface area contributed by atoms with Gasteiger partial charge in [-0.05, 0) is 71.2 Å². The lowest BCUT2D eigenvalue weighted by molar-refractivity contribution is 0.0656. The van der Waals surface area contributed by atoms with Crippen LogP contribution in [0.2, 0.25) is 0 Å². The molecule has 1 N–H and O–H groups in total. The average molecular weight is 502 g/mol. The first-order chi connectivity index (χ1) is 14.6. The molecule has 7 heteroatoms. The van der Waals surface area contributed by atoms with E-state index in [-0.39, 0.29) is 24.8 Å². The van der Waals surface area contributed by atoms with E-state index in [0.29, 0.717) is 12.5 Å². The van der Waals surface area contributed by atoms with Gasteiger partial charge in [0.1, 0.15) is 0 Å². The number of unbranched alkanes of at least 4 members (excludes halogenated alkanes) is 6. The molecule has 1 atom stereocenters. The summed E-state index contributed by atoms with van der Waals surface area (Å²) in [5, 5.41) is 8.95. The summed E-state index contributed by atoms with van der Waals surface area (Å²) in [6, 6.07) is 0. The Balaban J connectivity index is -0.00000420. The molecule has 32 heavy (non-hydrogen) atoms. The summed E-state index contributed by atoms with van der Waals surface area (Å²) in [4.78, 5) is 16.1. The zero-order valence-corrected chi connectivity index (χ0v) is 23.1. The lowest BCUT2D eigenvalue weighted by Crippen LogP contribution is -2.33. The van der Waals surface area contributed by atoms with Crippen LogP contribution < -0.4 is 0 Å². The summed E-state index contributed by atoms with van der Waals surface area (Å²) in [6.45, 7) is 16.2. The molecule has 0 fully saturated rings. The largest absolute Gasteiger partial charge is 0.505 e. The standard InChI is InChI=1S/C25H52N2O3.2ClH/c1-5-9-17-26(18-10-6-2)21-15-13-14-16-24(23-30-25(28)29)22-27(19-11-7-3)20-12-8-4;;/h24H,5-23H2,1-4H3,(H,28,29);2*1H. The maximum atomic E-state index is 10.9. The Bertz CT molecular complexity index is 374. The third kappa shape index (κ3) is 22.9.